The van der Waals surface area contributed by atoms with Gasteiger partial charge in [0.15, 0.2) is 0 Å². The maximum Gasteiger partial charge on any atom is 0.280 e. The van der Waals surface area contributed by atoms with Crippen LogP contribution in [0.4, 0.5) is 11.4 Å². The van der Waals surface area contributed by atoms with Crippen molar-refractivity contribution in [2.24, 2.45) is 0 Å². The predicted molar refractivity (Wildman–Crippen MR) is 85.9 cm³/mol. The van der Waals surface area contributed by atoms with Crippen LogP contribution >= 0.6 is 0 Å². The van der Waals surface area contributed by atoms with E-state index in [1.54, 1.807) is 19.1 Å². The van der Waals surface area contributed by atoms with Crippen LogP contribution in [0.3, 0.4) is 0 Å². The van der Waals surface area contributed by atoms with Crippen molar-refractivity contribution < 1.29 is 9.72 Å². The van der Waals surface area contributed by atoms with E-state index >= 15 is 0 Å². The Balaban J connectivity index is 2.42. The minimum atomic E-state index is -0.438. The number of nitro groups is 1. The topological polar surface area (TPSA) is 88.0 Å². The highest BCUT2D eigenvalue weighted by Crippen LogP contribution is 2.33. The van der Waals surface area contributed by atoms with Gasteiger partial charge in [0, 0.05) is 24.4 Å². The third kappa shape index (κ3) is 3.33. The van der Waals surface area contributed by atoms with E-state index in [1.807, 2.05) is 12.3 Å². The molecule has 2 rings (SSSR count). The number of carbonyl (C=O) groups excluding carboxylic acids is 1. The molecular formula is C16H19N3O3. The Labute approximate surface area is 128 Å². The molecule has 1 amide bonds. The van der Waals surface area contributed by atoms with Crippen LogP contribution in [0, 0.1) is 10.1 Å². The summed E-state index contributed by atoms with van der Waals surface area (Å²) in [6.45, 7) is 5.85. The molecule has 0 aliphatic carbocycles. The first kappa shape index (κ1) is 15.8. The lowest BCUT2D eigenvalue weighted by atomic mass is 10.0. The number of aromatic nitrogens is 1. The molecule has 0 saturated carbocycles. The first-order valence-corrected chi connectivity index (χ1v) is 7.19. The summed E-state index contributed by atoms with van der Waals surface area (Å²) >= 11 is 0. The van der Waals surface area contributed by atoms with Gasteiger partial charge in [0.2, 0.25) is 5.91 Å². The zero-order valence-electron chi connectivity index (χ0n) is 12.8. The molecule has 22 heavy (non-hydrogen) atoms. The molecular weight excluding hydrogens is 282 g/mol. The number of nitro benzene ring substituents is 1. The van der Waals surface area contributed by atoms with Gasteiger partial charge in [0.05, 0.1) is 16.2 Å². The largest absolute Gasteiger partial charge is 0.361 e. The highest BCUT2D eigenvalue weighted by Gasteiger charge is 2.18. The molecule has 1 heterocycles. The van der Waals surface area contributed by atoms with Crippen LogP contribution in [-0.2, 0) is 4.79 Å². The molecule has 0 fully saturated rings. The predicted octanol–water partition coefficient (Wildman–Crippen LogP) is 4.06. The lowest BCUT2D eigenvalue weighted by Gasteiger charge is -2.06. The second-order valence-electron chi connectivity index (χ2n) is 5.39. The number of aromatic amines is 1. The van der Waals surface area contributed by atoms with Crippen LogP contribution in [0.25, 0.3) is 11.3 Å². The van der Waals surface area contributed by atoms with Crippen LogP contribution in [-0.4, -0.2) is 15.8 Å². The van der Waals surface area contributed by atoms with Crippen molar-refractivity contribution in [2.75, 3.05) is 5.32 Å². The Hall–Kier alpha value is -2.63. The number of hydrogen-bond acceptors (Lipinski definition) is 3. The fraction of sp³-hybridized carbons (Fsp3) is 0.312. The Morgan fingerprint density at radius 2 is 2.09 bits per heavy atom. The lowest BCUT2D eigenvalue weighted by molar-refractivity contribution is -0.384. The second kappa shape index (κ2) is 6.43. The molecule has 0 saturated heterocycles. The van der Waals surface area contributed by atoms with Crippen LogP contribution < -0.4 is 5.32 Å². The van der Waals surface area contributed by atoms with Crippen LogP contribution in [0.5, 0.6) is 0 Å². The average Bonchev–Trinajstić information content (AvgIpc) is 2.96. The maximum absolute atomic E-state index is 11.4. The highest BCUT2D eigenvalue weighted by atomic mass is 16.6. The van der Waals surface area contributed by atoms with Gasteiger partial charge in [-0.2, -0.15) is 0 Å². The van der Waals surface area contributed by atoms with Crippen molar-refractivity contribution in [2.45, 2.75) is 33.1 Å². The standard InChI is InChI=1S/C16H19N3O3/c1-4-16(20)18-12-5-6-13(15(8-12)19(21)22)14-7-11(9-17-14)10(2)3/h5-10,17H,4H2,1-3H3,(H,18,20). The summed E-state index contributed by atoms with van der Waals surface area (Å²) in [5.74, 6) is 0.163. The molecule has 0 aliphatic rings. The number of anilines is 1. The monoisotopic (exact) mass is 301 g/mol. The van der Waals surface area contributed by atoms with E-state index in [2.05, 4.69) is 24.1 Å². The van der Waals surface area contributed by atoms with E-state index in [0.29, 0.717) is 29.3 Å². The third-order valence-corrected chi connectivity index (χ3v) is 3.46. The minimum Gasteiger partial charge on any atom is -0.361 e. The Kier molecular flexibility index (Phi) is 4.60. The van der Waals surface area contributed by atoms with Crippen molar-refractivity contribution in [3.8, 4) is 11.3 Å². The van der Waals surface area contributed by atoms with Crippen LogP contribution in [0.1, 0.15) is 38.7 Å². The number of amides is 1. The van der Waals surface area contributed by atoms with Gasteiger partial charge in [-0.05, 0) is 29.7 Å². The molecule has 116 valence electrons. The minimum absolute atomic E-state index is 0.0361. The molecule has 2 aromatic rings. The van der Waals surface area contributed by atoms with E-state index in [9.17, 15) is 14.9 Å². The number of rotatable bonds is 5. The summed E-state index contributed by atoms with van der Waals surface area (Å²) in [4.78, 5) is 25.4. The molecule has 6 nitrogen and oxygen atoms in total. The molecule has 0 unspecified atom stereocenters. The summed E-state index contributed by atoms with van der Waals surface area (Å²) < 4.78 is 0. The molecule has 2 N–H and O–H groups in total. The summed E-state index contributed by atoms with van der Waals surface area (Å²) in [6.07, 6.45) is 2.18. The van der Waals surface area contributed by atoms with Gasteiger partial charge >= 0.3 is 0 Å². The van der Waals surface area contributed by atoms with Crippen molar-refractivity contribution in [1.82, 2.24) is 4.98 Å². The Morgan fingerprint density at radius 3 is 2.64 bits per heavy atom. The van der Waals surface area contributed by atoms with Gasteiger partial charge < -0.3 is 10.3 Å². The third-order valence-electron chi connectivity index (χ3n) is 3.46. The van der Waals surface area contributed by atoms with Crippen LogP contribution in [0.2, 0.25) is 0 Å². The Morgan fingerprint density at radius 1 is 1.36 bits per heavy atom. The molecule has 0 aliphatic heterocycles. The van der Waals surface area contributed by atoms with Gasteiger partial charge in [-0.3, -0.25) is 14.9 Å². The van der Waals surface area contributed by atoms with E-state index in [-0.39, 0.29) is 11.6 Å². The van der Waals surface area contributed by atoms with Gasteiger partial charge in [0.1, 0.15) is 0 Å². The van der Waals surface area contributed by atoms with Crippen molar-refractivity contribution in [1.29, 1.82) is 0 Å². The SMILES string of the molecule is CCC(=O)Nc1ccc(-c2cc(C(C)C)c[nH]2)c([N+](=O)[O-])c1. The van der Waals surface area contributed by atoms with Gasteiger partial charge in [-0.25, -0.2) is 0 Å². The molecule has 0 bridgehead atoms. The number of nitrogens with zero attached hydrogens (tertiary/aromatic N) is 1. The van der Waals surface area contributed by atoms with E-state index in [1.165, 1.54) is 6.07 Å². The van der Waals surface area contributed by atoms with E-state index < -0.39 is 4.92 Å². The highest BCUT2D eigenvalue weighted by molar-refractivity contribution is 5.91. The molecule has 1 aromatic carbocycles. The summed E-state index contributed by atoms with van der Waals surface area (Å²) in [5.41, 5.74) is 2.69. The summed E-state index contributed by atoms with van der Waals surface area (Å²) in [6, 6.07) is 6.63. The number of carbonyl (C=O) groups is 1. The maximum atomic E-state index is 11.4. The Bertz CT molecular complexity index is 704. The zero-order valence-corrected chi connectivity index (χ0v) is 12.8. The molecule has 1 aromatic heterocycles. The fourth-order valence-electron chi connectivity index (χ4n) is 2.14. The van der Waals surface area contributed by atoms with Gasteiger partial charge in [-0.15, -0.1) is 0 Å². The second-order valence-corrected chi connectivity index (χ2v) is 5.39. The summed E-state index contributed by atoms with van der Waals surface area (Å²) in [7, 11) is 0. The number of H-pyrrole nitrogens is 1. The normalized spacial score (nSPS) is 10.7. The first-order valence-electron chi connectivity index (χ1n) is 7.19. The van der Waals surface area contributed by atoms with Crippen molar-refractivity contribution in [3.05, 3.63) is 46.1 Å². The smallest absolute Gasteiger partial charge is 0.280 e. The summed E-state index contributed by atoms with van der Waals surface area (Å²) in [5, 5.41) is 14.0. The van der Waals surface area contributed by atoms with E-state index in [0.717, 1.165) is 5.56 Å². The fourth-order valence-corrected chi connectivity index (χ4v) is 2.14. The average molecular weight is 301 g/mol. The van der Waals surface area contributed by atoms with Crippen molar-refractivity contribution >= 4 is 17.3 Å². The van der Waals surface area contributed by atoms with E-state index in [4.69, 9.17) is 0 Å². The first-order chi connectivity index (χ1) is 10.4. The number of hydrogen-bond donors (Lipinski definition) is 2. The molecule has 0 atom stereocenters. The molecule has 6 heteroatoms. The quantitative estimate of drug-likeness (QED) is 0.644. The lowest BCUT2D eigenvalue weighted by Crippen LogP contribution is -2.09. The van der Waals surface area contributed by atoms with Crippen molar-refractivity contribution in [3.63, 3.8) is 0 Å². The number of nitrogens with one attached hydrogen (secondary N) is 2. The molecule has 0 radical (unpaired) electrons. The number of benzene rings is 1. The van der Waals surface area contributed by atoms with Crippen LogP contribution in [0.15, 0.2) is 30.5 Å². The van der Waals surface area contributed by atoms with Gasteiger partial charge in [-0.1, -0.05) is 20.8 Å². The molecule has 0 spiro atoms. The zero-order chi connectivity index (χ0) is 16.3. The van der Waals surface area contributed by atoms with Gasteiger partial charge in [0.25, 0.3) is 5.69 Å².